The van der Waals surface area contributed by atoms with E-state index < -0.39 is 0 Å². The van der Waals surface area contributed by atoms with E-state index in [2.05, 4.69) is 15.9 Å². The van der Waals surface area contributed by atoms with Gasteiger partial charge in [0.05, 0.1) is 0 Å². The second kappa shape index (κ2) is 5.20. The molecule has 2 heteroatoms. The molecular formula is C10H15BrO. The lowest BCUT2D eigenvalue weighted by Crippen LogP contribution is -1.80. The molecule has 0 spiro atoms. The summed E-state index contributed by atoms with van der Waals surface area (Å²) < 4.78 is 0.954. The Balaban J connectivity index is 0.000000561. The van der Waals surface area contributed by atoms with Gasteiger partial charge in [0, 0.05) is 10.0 Å². The minimum Gasteiger partial charge on any atom is -0.507 e. The average molecular weight is 231 g/mol. The van der Waals surface area contributed by atoms with Crippen molar-refractivity contribution in [3.05, 3.63) is 27.7 Å². The molecule has 1 N–H and O–H groups in total. The number of rotatable bonds is 0. The molecule has 0 aliphatic carbocycles. The van der Waals surface area contributed by atoms with Crippen molar-refractivity contribution < 1.29 is 5.11 Å². The summed E-state index contributed by atoms with van der Waals surface area (Å²) in [5.74, 6) is 0.384. The molecule has 12 heavy (non-hydrogen) atoms. The lowest BCUT2D eigenvalue weighted by atomic mass is 10.1. The maximum absolute atomic E-state index is 9.36. The fraction of sp³-hybridized carbons (Fsp3) is 0.400. The number of phenolic OH excluding ortho intramolecular Hbond substituents is 1. The summed E-state index contributed by atoms with van der Waals surface area (Å²) in [6.07, 6.45) is 0. The van der Waals surface area contributed by atoms with Crippen LogP contribution in [0.2, 0.25) is 0 Å². The van der Waals surface area contributed by atoms with Gasteiger partial charge in [0.15, 0.2) is 0 Å². The van der Waals surface area contributed by atoms with Crippen LogP contribution >= 0.6 is 15.9 Å². The number of aromatic hydroxyl groups is 1. The van der Waals surface area contributed by atoms with Crippen molar-refractivity contribution in [3.63, 3.8) is 0 Å². The van der Waals surface area contributed by atoms with Gasteiger partial charge in [-0.05, 0) is 25.5 Å². The summed E-state index contributed by atoms with van der Waals surface area (Å²) in [5.41, 5.74) is 1.82. The largest absolute Gasteiger partial charge is 0.507 e. The smallest absolute Gasteiger partial charge is 0.122 e. The van der Waals surface area contributed by atoms with E-state index in [4.69, 9.17) is 0 Å². The topological polar surface area (TPSA) is 20.2 Å². The standard InChI is InChI=1S/C8H9BrO.C2H6/c1-5-3-4-7(9)6(2)8(5)10;1-2/h3-4,10H,1-2H3;1-2H3. The van der Waals surface area contributed by atoms with Gasteiger partial charge in [-0.25, -0.2) is 0 Å². The van der Waals surface area contributed by atoms with Gasteiger partial charge < -0.3 is 5.11 Å². The Morgan fingerprint density at radius 2 is 1.67 bits per heavy atom. The molecule has 0 unspecified atom stereocenters. The highest BCUT2D eigenvalue weighted by Gasteiger charge is 2.01. The molecule has 0 saturated heterocycles. The van der Waals surface area contributed by atoms with Crippen molar-refractivity contribution in [2.75, 3.05) is 0 Å². The lowest BCUT2D eigenvalue weighted by Gasteiger charge is -2.03. The van der Waals surface area contributed by atoms with Crippen molar-refractivity contribution in [2.24, 2.45) is 0 Å². The van der Waals surface area contributed by atoms with E-state index in [9.17, 15) is 5.11 Å². The number of hydrogen-bond donors (Lipinski definition) is 1. The van der Waals surface area contributed by atoms with Crippen molar-refractivity contribution in [1.29, 1.82) is 0 Å². The Morgan fingerprint density at radius 1 is 1.17 bits per heavy atom. The van der Waals surface area contributed by atoms with Crippen molar-refractivity contribution >= 4 is 15.9 Å². The third-order valence-electron chi connectivity index (χ3n) is 1.57. The van der Waals surface area contributed by atoms with Gasteiger partial charge in [-0.1, -0.05) is 35.8 Å². The van der Waals surface area contributed by atoms with Gasteiger partial charge in [-0.3, -0.25) is 0 Å². The first-order chi connectivity index (χ1) is 5.63. The Hall–Kier alpha value is -0.500. The molecular weight excluding hydrogens is 216 g/mol. The zero-order valence-corrected chi connectivity index (χ0v) is 9.57. The minimum absolute atomic E-state index is 0.384. The van der Waals surface area contributed by atoms with Gasteiger partial charge in [0.25, 0.3) is 0 Å². The van der Waals surface area contributed by atoms with Crippen LogP contribution in [0.4, 0.5) is 0 Å². The molecule has 0 aliphatic rings. The van der Waals surface area contributed by atoms with Crippen molar-refractivity contribution in [2.45, 2.75) is 27.7 Å². The highest BCUT2D eigenvalue weighted by Crippen LogP contribution is 2.27. The molecule has 0 aromatic heterocycles. The molecule has 0 radical (unpaired) electrons. The summed E-state index contributed by atoms with van der Waals surface area (Å²) in [6, 6.07) is 3.82. The molecule has 68 valence electrons. The molecule has 0 saturated carbocycles. The van der Waals surface area contributed by atoms with Gasteiger partial charge >= 0.3 is 0 Å². The van der Waals surface area contributed by atoms with Gasteiger partial charge in [0.2, 0.25) is 0 Å². The highest BCUT2D eigenvalue weighted by molar-refractivity contribution is 9.10. The molecule has 0 bridgehead atoms. The summed E-state index contributed by atoms with van der Waals surface area (Å²) in [5, 5.41) is 9.36. The Morgan fingerprint density at radius 3 is 2.08 bits per heavy atom. The van der Waals surface area contributed by atoms with Crippen LogP contribution in [0.5, 0.6) is 5.75 Å². The SMILES string of the molecule is CC.Cc1ccc(Br)c(C)c1O. The van der Waals surface area contributed by atoms with Crippen LogP contribution in [0.15, 0.2) is 16.6 Å². The van der Waals surface area contributed by atoms with E-state index in [-0.39, 0.29) is 0 Å². The molecule has 0 atom stereocenters. The average Bonchev–Trinajstić information content (AvgIpc) is 2.12. The molecule has 0 aliphatic heterocycles. The molecule has 1 aromatic rings. The first kappa shape index (κ1) is 11.5. The molecule has 0 fully saturated rings. The van der Waals surface area contributed by atoms with Gasteiger partial charge in [-0.2, -0.15) is 0 Å². The van der Waals surface area contributed by atoms with E-state index in [1.165, 1.54) is 0 Å². The normalized spacial score (nSPS) is 8.75. The summed E-state index contributed by atoms with van der Waals surface area (Å²) in [7, 11) is 0. The highest BCUT2D eigenvalue weighted by atomic mass is 79.9. The predicted molar refractivity (Wildman–Crippen MR) is 56.6 cm³/mol. The third kappa shape index (κ3) is 2.52. The van der Waals surface area contributed by atoms with Crippen LogP contribution in [-0.2, 0) is 0 Å². The summed E-state index contributed by atoms with van der Waals surface area (Å²) in [4.78, 5) is 0. The number of benzene rings is 1. The maximum Gasteiger partial charge on any atom is 0.122 e. The molecule has 1 rings (SSSR count). The Labute approximate surface area is 82.6 Å². The van der Waals surface area contributed by atoms with Gasteiger partial charge in [0.1, 0.15) is 5.75 Å². The van der Waals surface area contributed by atoms with E-state index in [0.29, 0.717) is 5.75 Å². The fourth-order valence-corrected chi connectivity index (χ4v) is 1.13. The van der Waals surface area contributed by atoms with E-state index in [1.54, 1.807) is 0 Å². The van der Waals surface area contributed by atoms with E-state index >= 15 is 0 Å². The number of aryl methyl sites for hydroxylation is 1. The van der Waals surface area contributed by atoms with Crippen LogP contribution in [-0.4, -0.2) is 5.11 Å². The number of phenols is 1. The maximum atomic E-state index is 9.36. The Kier molecular flexibility index (Phi) is 4.98. The fourth-order valence-electron chi connectivity index (χ4n) is 0.811. The first-order valence-corrected chi connectivity index (χ1v) is 4.87. The van der Waals surface area contributed by atoms with E-state index in [1.807, 2.05) is 39.8 Å². The first-order valence-electron chi connectivity index (χ1n) is 4.07. The second-order valence-electron chi connectivity index (χ2n) is 2.34. The quantitative estimate of drug-likeness (QED) is 0.720. The molecule has 0 heterocycles. The van der Waals surface area contributed by atoms with Crippen LogP contribution in [0.3, 0.4) is 0 Å². The van der Waals surface area contributed by atoms with Gasteiger partial charge in [-0.15, -0.1) is 0 Å². The predicted octanol–water partition coefficient (Wildman–Crippen LogP) is 3.80. The Bertz CT molecular complexity index is 229. The third-order valence-corrected chi connectivity index (χ3v) is 2.43. The van der Waals surface area contributed by atoms with Crippen molar-refractivity contribution in [1.82, 2.24) is 0 Å². The molecule has 1 aromatic carbocycles. The zero-order valence-electron chi connectivity index (χ0n) is 7.98. The molecule has 0 amide bonds. The number of hydrogen-bond acceptors (Lipinski definition) is 1. The minimum atomic E-state index is 0.384. The zero-order chi connectivity index (χ0) is 9.72. The monoisotopic (exact) mass is 230 g/mol. The van der Waals surface area contributed by atoms with Crippen LogP contribution in [0.1, 0.15) is 25.0 Å². The van der Waals surface area contributed by atoms with Crippen LogP contribution < -0.4 is 0 Å². The lowest BCUT2D eigenvalue weighted by molar-refractivity contribution is 0.466. The summed E-state index contributed by atoms with van der Waals surface area (Å²) in [6.45, 7) is 7.77. The molecule has 1 nitrogen and oxygen atoms in total. The number of halogens is 1. The second-order valence-corrected chi connectivity index (χ2v) is 3.19. The van der Waals surface area contributed by atoms with Crippen molar-refractivity contribution in [3.8, 4) is 5.75 Å². The van der Waals surface area contributed by atoms with E-state index in [0.717, 1.165) is 15.6 Å². The summed E-state index contributed by atoms with van der Waals surface area (Å²) >= 11 is 3.32. The van der Waals surface area contributed by atoms with Crippen LogP contribution in [0, 0.1) is 13.8 Å². The van der Waals surface area contributed by atoms with Crippen LogP contribution in [0.25, 0.3) is 0 Å².